The van der Waals surface area contributed by atoms with Gasteiger partial charge in [0.2, 0.25) is 11.8 Å². The highest BCUT2D eigenvalue weighted by molar-refractivity contribution is 5.84. The number of nitrogens with one attached hydrogen (secondary N) is 1. The Morgan fingerprint density at radius 1 is 1.15 bits per heavy atom. The standard InChI is InChI=1S/C25H25FN4O3/c26-20-9-3-1-7-17(20)19-13-30(15-25(19)12-6-5-11-22(31)29-25)23(32)14-33-24-18-8-2-4-10-21(18)27-16-28-24/h1-4,7-10,16,19H,5-6,11-15H2,(H,29,31)/t19-,25+/m0/s1. The molecule has 0 aliphatic carbocycles. The van der Waals surface area contributed by atoms with Gasteiger partial charge < -0.3 is 15.0 Å². The number of para-hydroxylation sites is 1. The molecule has 1 N–H and O–H groups in total. The lowest BCUT2D eigenvalue weighted by Gasteiger charge is -2.34. The van der Waals surface area contributed by atoms with E-state index in [4.69, 9.17) is 4.74 Å². The molecular weight excluding hydrogens is 423 g/mol. The minimum absolute atomic E-state index is 0.0492. The fourth-order valence-corrected chi connectivity index (χ4v) is 5.08. The van der Waals surface area contributed by atoms with Crippen molar-refractivity contribution in [1.82, 2.24) is 20.2 Å². The molecular formula is C25H25FN4O3. The van der Waals surface area contributed by atoms with Gasteiger partial charge in [-0.2, -0.15) is 0 Å². The fourth-order valence-electron chi connectivity index (χ4n) is 5.08. The van der Waals surface area contributed by atoms with Crippen LogP contribution in [-0.2, 0) is 9.59 Å². The SMILES string of the molecule is O=C1CCCC[C@]2(CN(C(=O)COc3ncnc4ccccc34)C[C@H]2c2ccccc2F)N1. The quantitative estimate of drug-likeness (QED) is 0.663. The van der Waals surface area contributed by atoms with Crippen LogP contribution in [0.1, 0.15) is 37.2 Å². The largest absolute Gasteiger partial charge is 0.467 e. The van der Waals surface area contributed by atoms with Gasteiger partial charge in [-0.15, -0.1) is 0 Å². The number of halogens is 1. The zero-order valence-corrected chi connectivity index (χ0v) is 18.2. The summed E-state index contributed by atoms with van der Waals surface area (Å²) in [5, 5.41) is 3.88. The van der Waals surface area contributed by atoms with Crippen molar-refractivity contribution in [1.29, 1.82) is 0 Å². The number of benzene rings is 2. The Bertz CT molecular complexity index is 1200. The van der Waals surface area contributed by atoms with Crippen LogP contribution in [0.15, 0.2) is 54.9 Å². The average molecular weight is 448 g/mol. The second-order valence-electron chi connectivity index (χ2n) is 8.74. The van der Waals surface area contributed by atoms with Crippen molar-refractivity contribution in [3.8, 4) is 5.88 Å². The molecule has 5 rings (SSSR count). The van der Waals surface area contributed by atoms with Crippen LogP contribution in [0, 0.1) is 5.82 Å². The first-order chi connectivity index (χ1) is 16.1. The molecule has 2 atom stereocenters. The van der Waals surface area contributed by atoms with E-state index in [1.807, 2.05) is 24.3 Å². The van der Waals surface area contributed by atoms with E-state index in [0.29, 0.717) is 37.4 Å². The zero-order chi connectivity index (χ0) is 22.8. The Morgan fingerprint density at radius 2 is 1.97 bits per heavy atom. The third-order valence-electron chi connectivity index (χ3n) is 6.68. The number of carbonyl (C=O) groups excluding carboxylic acids is 2. The first kappa shape index (κ1) is 21.3. The van der Waals surface area contributed by atoms with Crippen LogP contribution < -0.4 is 10.1 Å². The first-order valence-corrected chi connectivity index (χ1v) is 11.2. The van der Waals surface area contributed by atoms with Crippen LogP contribution >= 0.6 is 0 Å². The summed E-state index contributed by atoms with van der Waals surface area (Å²) < 4.78 is 20.5. The van der Waals surface area contributed by atoms with E-state index in [1.54, 1.807) is 23.1 Å². The smallest absolute Gasteiger partial charge is 0.260 e. The molecule has 0 saturated carbocycles. The van der Waals surface area contributed by atoms with Crippen molar-refractivity contribution in [2.45, 2.75) is 37.1 Å². The molecule has 170 valence electrons. The van der Waals surface area contributed by atoms with E-state index in [0.717, 1.165) is 23.7 Å². The first-order valence-electron chi connectivity index (χ1n) is 11.2. The number of amides is 2. The van der Waals surface area contributed by atoms with Gasteiger partial charge in [-0.1, -0.05) is 36.8 Å². The maximum absolute atomic E-state index is 14.8. The molecule has 2 aliphatic rings. The Labute approximate surface area is 191 Å². The molecule has 7 nitrogen and oxygen atoms in total. The fraction of sp³-hybridized carbons (Fsp3) is 0.360. The highest BCUT2D eigenvalue weighted by Gasteiger charge is 2.50. The van der Waals surface area contributed by atoms with Crippen molar-refractivity contribution in [2.24, 2.45) is 0 Å². The van der Waals surface area contributed by atoms with Crippen molar-refractivity contribution in [2.75, 3.05) is 19.7 Å². The number of ether oxygens (including phenoxy) is 1. The van der Waals surface area contributed by atoms with Gasteiger partial charge in [0.15, 0.2) is 6.61 Å². The van der Waals surface area contributed by atoms with E-state index in [2.05, 4.69) is 15.3 Å². The second-order valence-corrected chi connectivity index (χ2v) is 8.74. The van der Waals surface area contributed by atoms with Crippen molar-refractivity contribution < 1.29 is 18.7 Å². The highest BCUT2D eigenvalue weighted by atomic mass is 19.1. The predicted octanol–water partition coefficient (Wildman–Crippen LogP) is 3.20. The number of rotatable bonds is 4. The molecule has 1 aromatic heterocycles. The molecule has 2 amide bonds. The van der Waals surface area contributed by atoms with Crippen LogP contribution in [0.25, 0.3) is 10.9 Å². The Balaban J connectivity index is 1.38. The second kappa shape index (κ2) is 8.77. The normalized spacial score (nSPS) is 22.9. The van der Waals surface area contributed by atoms with Gasteiger partial charge in [0.05, 0.1) is 16.4 Å². The van der Waals surface area contributed by atoms with Gasteiger partial charge in [-0.3, -0.25) is 9.59 Å². The number of likely N-dealkylation sites (tertiary alicyclic amines) is 1. The summed E-state index contributed by atoms with van der Waals surface area (Å²) in [5.74, 6) is -0.583. The summed E-state index contributed by atoms with van der Waals surface area (Å²) in [6.45, 7) is 0.438. The molecule has 2 aromatic carbocycles. The summed E-state index contributed by atoms with van der Waals surface area (Å²) in [5.41, 5.74) is 0.570. The lowest BCUT2D eigenvalue weighted by molar-refractivity contribution is -0.133. The van der Waals surface area contributed by atoms with Crippen LogP contribution in [0.5, 0.6) is 5.88 Å². The van der Waals surface area contributed by atoms with Gasteiger partial charge in [-0.25, -0.2) is 14.4 Å². The van der Waals surface area contributed by atoms with Crippen LogP contribution in [-0.4, -0.2) is 51.9 Å². The summed E-state index contributed by atoms with van der Waals surface area (Å²) in [6, 6.07) is 14.0. The average Bonchev–Trinajstić information content (AvgIpc) is 3.08. The molecule has 3 aromatic rings. The summed E-state index contributed by atoms with van der Waals surface area (Å²) in [4.78, 5) is 35.7. The molecule has 2 fully saturated rings. The lowest BCUT2D eigenvalue weighted by Crippen LogP contribution is -2.53. The van der Waals surface area contributed by atoms with E-state index >= 15 is 0 Å². The van der Waals surface area contributed by atoms with Crippen molar-refractivity contribution >= 4 is 22.7 Å². The summed E-state index contributed by atoms with van der Waals surface area (Å²) >= 11 is 0. The molecule has 2 aliphatic heterocycles. The third kappa shape index (κ3) is 4.13. The molecule has 2 saturated heterocycles. The van der Waals surface area contributed by atoms with E-state index in [9.17, 15) is 14.0 Å². The molecule has 8 heteroatoms. The number of hydrogen-bond donors (Lipinski definition) is 1. The molecule has 1 spiro atoms. The molecule has 0 bridgehead atoms. The topological polar surface area (TPSA) is 84.4 Å². The Hall–Kier alpha value is -3.55. The van der Waals surface area contributed by atoms with Crippen LogP contribution in [0.3, 0.4) is 0 Å². The zero-order valence-electron chi connectivity index (χ0n) is 18.2. The van der Waals surface area contributed by atoms with E-state index in [-0.39, 0.29) is 30.2 Å². The van der Waals surface area contributed by atoms with Gasteiger partial charge in [0, 0.05) is 25.4 Å². The molecule has 3 heterocycles. The van der Waals surface area contributed by atoms with Gasteiger partial charge in [0.1, 0.15) is 12.1 Å². The Kier molecular flexibility index (Phi) is 5.66. The predicted molar refractivity (Wildman–Crippen MR) is 120 cm³/mol. The minimum atomic E-state index is -0.687. The minimum Gasteiger partial charge on any atom is -0.467 e. The van der Waals surface area contributed by atoms with Crippen molar-refractivity contribution in [3.05, 3.63) is 66.2 Å². The summed E-state index contributed by atoms with van der Waals surface area (Å²) in [6.07, 6.45) is 4.18. The third-order valence-corrected chi connectivity index (χ3v) is 6.68. The highest BCUT2D eigenvalue weighted by Crippen LogP contribution is 2.41. The number of carbonyl (C=O) groups is 2. The van der Waals surface area contributed by atoms with Gasteiger partial charge in [-0.05, 0) is 36.6 Å². The molecule has 0 unspecified atom stereocenters. The maximum Gasteiger partial charge on any atom is 0.260 e. The van der Waals surface area contributed by atoms with Gasteiger partial charge >= 0.3 is 0 Å². The number of fused-ring (bicyclic) bond motifs is 1. The number of aromatic nitrogens is 2. The number of nitrogens with zero attached hydrogens (tertiary/aromatic N) is 3. The number of hydrogen-bond acceptors (Lipinski definition) is 5. The van der Waals surface area contributed by atoms with Crippen LogP contribution in [0.4, 0.5) is 4.39 Å². The molecule has 0 radical (unpaired) electrons. The Morgan fingerprint density at radius 3 is 2.85 bits per heavy atom. The summed E-state index contributed by atoms with van der Waals surface area (Å²) in [7, 11) is 0. The van der Waals surface area contributed by atoms with E-state index < -0.39 is 5.54 Å². The van der Waals surface area contributed by atoms with Crippen molar-refractivity contribution in [3.63, 3.8) is 0 Å². The monoisotopic (exact) mass is 448 g/mol. The molecule has 33 heavy (non-hydrogen) atoms. The van der Waals surface area contributed by atoms with E-state index in [1.165, 1.54) is 12.4 Å². The van der Waals surface area contributed by atoms with Crippen LogP contribution in [0.2, 0.25) is 0 Å². The lowest BCUT2D eigenvalue weighted by atomic mass is 9.78. The maximum atomic E-state index is 14.8. The van der Waals surface area contributed by atoms with Gasteiger partial charge in [0.25, 0.3) is 5.91 Å².